The largest absolute Gasteiger partial charge is 0.310 e. The van der Waals surface area contributed by atoms with Crippen molar-refractivity contribution in [3.05, 3.63) is 46.5 Å². The number of pyridine rings is 1. The number of fused-ring (bicyclic) bond motifs is 1. The second kappa shape index (κ2) is 6.15. The van der Waals surface area contributed by atoms with Gasteiger partial charge in [-0.3, -0.25) is 9.20 Å². The number of aromatic nitrogens is 2. The van der Waals surface area contributed by atoms with E-state index in [4.69, 9.17) is 0 Å². The van der Waals surface area contributed by atoms with Crippen molar-refractivity contribution in [2.24, 2.45) is 0 Å². The van der Waals surface area contributed by atoms with E-state index >= 15 is 0 Å². The molecular weight excluding hydrogens is 278 g/mol. The highest BCUT2D eigenvalue weighted by Crippen LogP contribution is 1.98. The van der Waals surface area contributed by atoms with Gasteiger partial charge < -0.3 is 5.32 Å². The summed E-state index contributed by atoms with van der Waals surface area (Å²) >= 11 is 0. The van der Waals surface area contributed by atoms with Crippen LogP contribution in [0.25, 0.3) is 5.65 Å². The van der Waals surface area contributed by atoms with Crippen LogP contribution in [0.15, 0.2) is 35.3 Å². The minimum absolute atomic E-state index is 0.0933. The fourth-order valence-electron chi connectivity index (χ4n) is 1.78. The molecule has 0 saturated heterocycles. The van der Waals surface area contributed by atoms with Gasteiger partial charge >= 0.3 is 0 Å². The van der Waals surface area contributed by atoms with Gasteiger partial charge in [0.25, 0.3) is 5.56 Å². The first kappa shape index (κ1) is 14.7. The van der Waals surface area contributed by atoms with Crippen LogP contribution in [0.2, 0.25) is 0 Å². The lowest BCUT2D eigenvalue weighted by Crippen LogP contribution is -2.25. The van der Waals surface area contributed by atoms with Crippen molar-refractivity contribution in [2.75, 3.05) is 18.1 Å². The molecule has 0 saturated carbocycles. The Kier molecular flexibility index (Phi) is 4.51. The van der Waals surface area contributed by atoms with Gasteiger partial charge in [0.1, 0.15) is 5.65 Å². The van der Waals surface area contributed by atoms with Crippen LogP contribution < -0.4 is 10.9 Å². The lowest BCUT2D eigenvalue weighted by molar-refractivity contribution is 0.591. The van der Waals surface area contributed by atoms with Gasteiger partial charge in [-0.2, -0.15) is 0 Å². The summed E-state index contributed by atoms with van der Waals surface area (Å²) < 4.78 is 24.1. The molecule has 0 unspecified atom stereocenters. The Hall–Kier alpha value is -1.73. The second-order valence-corrected chi connectivity index (χ2v) is 6.90. The average Bonchev–Trinajstić information content (AvgIpc) is 2.44. The topological polar surface area (TPSA) is 80.5 Å². The molecule has 2 aromatic rings. The molecule has 2 aromatic heterocycles. The number of nitrogens with zero attached hydrogens (tertiary/aromatic N) is 2. The summed E-state index contributed by atoms with van der Waals surface area (Å²) in [4.78, 5) is 16.2. The van der Waals surface area contributed by atoms with Crippen molar-refractivity contribution in [2.45, 2.75) is 13.5 Å². The van der Waals surface area contributed by atoms with Crippen molar-refractivity contribution in [3.63, 3.8) is 0 Å². The zero-order chi connectivity index (χ0) is 14.6. The summed E-state index contributed by atoms with van der Waals surface area (Å²) in [5, 5.41) is 2.99. The van der Waals surface area contributed by atoms with Crippen molar-refractivity contribution < 1.29 is 8.42 Å². The summed E-state index contributed by atoms with van der Waals surface area (Å²) in [6, 6.07) is 6.79. The Bertz CT molecular complexity index is 753. The molecule has 0 aliphatic carbocycles. The monoisotopic (exact) mass is 295 g/mol. The summed E-state index contributed by atoms with van der Waals surface area (Å²) in [5.74, 6) is 0.236. The van der Waals surface area contributed by atoms with Crippen LogP contribution >= 0.6 is 0 Å². The number of sulfone groups is 1. The molecule has 2 heterocycles. The number of rotatable bonds is 6. The highest BCUT2D eigenvalue weighted by molar-refractivity contribution is 7.91. The van der Waals surface area contributed by atoms with Gasteiger partial charge in [-0.05, 0) is 12.1 Å². The van der Waals surface area contributed by atoms with Crippen LogP contribution in [-0.2, 0) is 16.4 Å². The summed E-state index contributed by atoms with van der Waals surface area (Å²) in [6.45, 7) is 2.35. The molecule has 0 aliphatic heterocycles. The van der Waals surface area contributed by atoms with Crippen LogP contribution in [0.3, 0.4) is 0 Å². The SMILES string of the molecule is CCS(=O)(=O)CCNCc1cc(=O)n2ccccc2n1. The molecule has 108 valence electrons. The maximum Gasteiger partial charge on any atom is 0.258 e. The van der Waals surface area contributed by atoms with Crippen molar-refractivity contribution in [1.82, 2.24) is 14.7 Å². The van der Waals surface area contributed by atoms with Gasteiger partial charge in [-0.15, -0.1) is 0 Å². The maximum atomic E-state index is 11.8. The summed E-state index contributed by atoms with van der Waals surface area (Å²) in [5.41, 5.74) is 1.04. The Morgan fingerprint density at radius 1 is 1.35 bits per heavy atom. The van der Waals surface area contributed by atoms with Gasteiger partial charge in [0.05, 0.1) is 11.4 Å². The van der Waals surface area contributed by atoms with E-state index in [1.165, 1.54) is 10.5 Å². The molecule has 2 rings (SSSR count). The quantitative estimate of drug-likeness (QED) is 0.771. The molecule has 20 heavy (non-hydrogen) atoms. The predicted octanol–water partition coefficient (Wildman–Crippen LogP) is 0.219. The van der Waals surface area contributed by atoms with E-state index in [1.807, 2.05) is 6.07 Å². The molecule has 0 fully saturated rings. The fraction of sp³-hybridized carbons (Fsp3) is 0.385. The predicted molar refractivity (Wildman–Crippen MR) is 77.5 cm³/mol. The highest BCUT2D eigenvalue weighted by Gasteiger charge is 2.06. The van der Waals surface area contributed by atoms with E-state index in [2.05, 4.69) is 10.3 Å². The standard InChI is InChI=1S/C13H17N3O3S/c1-2-20(18,19)8-6-14-10-11-9-13(17)16-7-4-3-5-12(16)15-11/h3-5,7,9,14H,2,6,8,10H2,1H3. The lowest BCUT2D eigenvalue weighted by atomic mass is 10.3. The van der Waals surface area contributed by atoms with Gasteiger partial charge in [0, 0.05) is 31.1 Å². The molecule has 0 bridgehead atoms. The molecule has 6 nitrogen and oxygen atoms in total. The Labute approximate surface area is 117 Å². The maximum absolute atomic E-state index is 11.8. The third-order valence-corrected chi connectivity index (χ3v) is 4.67. The fourth-order valence-corrected chi connectivity index (χ4v) is 2.53. The molecule has 0 amide bonds. The van der Waals surface area contributed by atoms with E-state index in [0.717, 1.165) is 0 Å². The van der Waals surface area contributed by atoms with E-state index < -0.39 is 9.84 Å². The van der Waals surface area contributed by atoms with Gasteiger partial charge in [-0.25, -0.2) is 13.4 Å². The van der Waals surface area contributed by atoms with E-state index in [9.17, 15) is 13.2 Å². The summed E-state index contributed by atoms with van der Waals surface area (Å²) in [7, 11) is -2.97. The minimum Gasteiger partial charge on any atom is -0.310 e. The van der Waals surface area contributed by atoms with Crippen LogP contribution in [-0.4, -0.2) is 35.9 Å². The van der Waals surface area contributed by atoms with Crippen molar-refractivity contribution in [1.29, 1.82) is 0 Å². The minimum atomic E-state index is -2.97. The molecule has 7 heteroatoms. The molecule has 0 aromatic carbocycles. The Balaban J connectivity index is 2.02. The molecule has 0 aliphatic rings. The molecule has 0 spiro atoms. The van der Waals surface area contributed by atoms with Crippen LogP contribution in [0.4, 0.5) is 0 Å². The molecular formula is C13H17N3O3S. The van der Waals surface area contributed by atoms with E-state index in [-0.39, 0.29) is 17.1 Å². The normalized spacial score (nSPS) is 11.8. The van der Waals surface area contributed by atoms with Gasteiger partial charge in [-0.1, -0.05) is 13.0 Å². The first-order valence-corrected chi connectivity index (χ1v) is 8.22. The number of nitrogens with one attached hydrogen (secondary N) is 1. The average molecular weight is 295 g/mol. The number of hydrogen-bond acceptors (Lipinski definition) is 5. The zero-order valence-electron chi connectivity index (χ0n) is 11.2. The van der Waals surface area contributed by atoms with Crippen LogP contribution in [0.1, 0.15) is 12.6 Å². The highest BCUT2D eigenvalue weighted by atomic mass is 32.2. The van der Waals surface area contributed by atoms with Gasteiger partial charge in [0.2, 0.25) is 0 Å². The Morgan fingerprint density at radius 3 is 2.90 bits per heavy atom. The van der Waals surface area contributed by atoms with Gasteiger partial charge in [0.15, 0.2) is 9.84 Å². The first-order chi connectivity index (χ1) is 9.52. The molecule has 0 atom stereocenters. The van der Waals surface area contributed by atoms with E-state index in [0.29, 0.717) is 24.4 Å². The smallest absolute Gasteiger partial charge is 0.258 e. The van der Waals surface area contributed by atoms with Crippen molar-refractivity contribution >= 4 is 15.5 Å². The van der Waals surface area contributed by atoms with Crippen LogP contribution in [0.5, 0.6) is 0 Å². The lowest BCUT2D eigenvalue weighted by Gasteiger charge is -2.06. The molecule has 1 N–H and O–H groups in total. The first-order valence-electron chi connectivity index (χ1n) is 6.40. The summed E-state index contributed by atoms with van der Waals surface area (Å²) in [6.07, 6.45) is 1.66. The third kappa shape index (κ3) is 3.64. The van der Waals surface area contributed by atoms with Crippen LogP contribution in [0, 0.1) is 0 Å². The molecule has 0 radical (unpaired) electrons. The second-order valence-electron chi connectivity index (χ2n) is 4.43. The van der Waals surface area contributed by atoms with E-state index in [1.54, 1.807) is 25.3 Å². The zero-order valence-corrected chi connectivity index (χ0v) is 12.1. The third-order valence-electron chi connectivity index (χ3n) is 2.96. The number of hydrogen-bond donors (Lipinski definition) is 1. The Morgan fingerprint density at radius 2 is 2.15 bits per heavy atom. The van der Waals surface area contributed by atoms with Crippen molar-refractivity contribution in [3.8, 4) is 0 Å².